The van der Waals surface area contributed by atoms with Crippen LogP contribution < -0.4 is 14.5 Å². The van der Waals surface area contributed by atoms with Crippen LogP contribution in [0.4, 0.5) is 5.69 Å². The third kappa shape index (κ3) is 7.74. The van der Waals surface area contributed by atoms with Gasteiger partial charge in [-0.25, -0.2) is 13.8 Å². The van der Waals surface area contributed by atoms with Crippen molar-refractivity contribution in [3.8, 4) is 5.75 Å². The summed E-state index contributed by atoms with van der Waals surface area (Å²) in [5.74, 6) is 0.00858. The van der Waals surface area contributed by atoms with Crippen LogP contribution in [0.25, 0.3) is 0 Å². The molecule has 11 heteroatoms. The normalized spacial score (nSPS) is 11.4. The van der Waals surface area contributed by atoms with Gasteiger partial charge in [0.1, 0.15) is 18.9 Å². The maximum absolute atomic E-state index is 13.4. The number of rotatable bonds is 10. The lowest BCUT2D eigenvalue weighted by atomic mass is 10.2. The number of sulfonamides is 1. The van der Waals surface area contributed by atoms with Crippen molar-refractivity contribution in [3.63, 3.8) is 0 Å². The molecule has 1 amide bonds. The number of hydrogen-bond acceptors (Lipinski definition) is 5. The predicted molar refractivity (Wildman–Crippen MR) is 155 cm³/mol. The molecule has 0 bridgehead atoms. The Morgan fingerprint density at radius 3 is 2.23 bits per heavy atom. The summed E-state index contributed by atoms with van der Waals surface area (Å²) in [7, 11) is -4.09. The fourth-order valence-corrected chi connectivity index (χ4v) is 5.27. The largest absolute Gasteiger partial charge is 0.489 e. The number of amides is 1. The number of halogens is 3. The van der Waals surface area contributed by atoms with Gasteiger partial charge in [-0.2, -0.15) is 5.10 Å². The van der Waals surface area contributed by atoms with Crippen LogP contribution in [-0.4, -0.2) is 27.1 Å². The number of hydrogen-bond donors (Lipinski definition) is 1. The summed E-state index contributed by atoms with van der Waals surface area (Å²) in [5.41, 5.74) is 4.24. The zero-order chi connectivity index (χ0) is 27.8. The number of anilines is 1. The van der Waals surface area contributed by atoms with E-state index in [2.05, 4.69) is 10.5 Å². The van der Waals surface area contributed by atoms with Crippen molar-refractivity contribution in [1.82, 2.24) is 5.43 Å². The Kier molecular flexibility index (Phi) is 9.48. The molecule has 0 aliphatic heterocycles. The lowest BCUT2D eigenvalue weighted by Crippen LogP contribution is -2.39. The second kappa shape index (κ2) is 13.0. The first-order valence-corrected chi connectivity index (χ1v) is 14.1. The fraction of sp³-hybridized carbons (Fsp3) is 0.0714. The Morgan fingerprint density at radius 1 is 0.872 bits per heavy atom. The van der Waals surface area contributed by atoms with Crippen molar-refractivity contribution in [2.75, 3.05) is 10.8 Å². The van der Waals surface area contributed by atoms with Crippen LogP contribution >= 0.6 is 34.8 Å². The zero-order valence-electron chi connectivity index (χ0n) is 20.3. The maximum Gasteiger partial charge on any atom is 0.264 e. The maximum atomic E-state index is 13.4. The lowest BCUT2D eigenvalue weighted by molar-refractivity contribution is -0.119. The minimum atomic E-state index is -4.09. The molecule has 4 aromatic carbocycles. The number of hydrazone groups is 1. The van der Waals surface area contributed by atoms with Gasteiger partial charge in [0.25, 0.3) is 15.9 Å². The SMILES string of the molecule is O=C(CN(c1ccc(Cl)c(Cl)c1)S(=O)(=O)c1ccccc1)N/N=C\c1ccc(OCc2ccc(Cl)cc2)cc1. The molecule has 0 aromatic heterocycles. The number of carbonyl (C=O) groups excluding carboxylic acids is 1. The van der Waals surface area contributed by atoms with Crippen molar-refractivity contribution in [1.29, 1.82) is 0 Å². The van der Waals surface area contributed by atoms with E-state index in [1.54, 1.807) is 54.6 Å². The standard InChI is InChI=1S/C28H22Cl3N3O4S/c29-22-10-6-21(7-11-22)19-38-24-13-8-20(9-14-24)17-32-33-28(35)18-34(23-12-15-26(30)27(31)16-23)39(36,37)25-4-2-1-3-5-25/h1-17H,18-19H2,(H,33,35)/b32-17-. The molecule has 0 aliphatic rings. The van der Waals surface area contributed by atoms with Crippen LogP contribution in [0, 0.1) is 0 Å². The monoisotopic (exact) mass is 601 g/mol. The molecule has 4 aromatic rings. The summed E-state index contributed by atoms with van der Waals surface area (Å²) < 4.78 is 33.4. The van der Waals surface area contributed by atoms with Gasteiger partial charge in [-0.1, -0.05) is 65.1 Å². The van der Waals surface area contributed by atoms with E-state index in [9.17, 15) is 13.2 Å². The second-order valence-corrected chi connectivity index (χ2v) is 11.3. The molecule has 7 nitrogen and oxygen atoms in total. The molecule has 0 radical (unpaired) electrons. The van der Waals surface area contributed by atoms with Crippen LogP contribution in [0.1, 0.15) is 11.1 Å². The zero-order valence-corrected chi connectivity index (χ0v) is 23.4. The minimum absolute atomic E-state index is 0.0192. The van der Waals surface area contributed by atoms with E-state index < -0.39 is 22.5 Å². The highest BCUT2D eigenvalue weighted by atomic mass is 35.5. The van der Waals surface area contributed by atoms with Crippen molar-refractivity contribution >= 4 is 62.6 Å². The average Bonchev–Trinajstić information content (AvgIpc) is 2.94. The van der Waals surface area contributed by atoms with Gasteiger partial charge in [-0.15, -0.1) is 0 Å². The first-order valence-electron chi connectivity index (χ1n) is 11.5. The van der Waals surface area contributed by atoms with Crippen molar-refractivity contribution < 1.29 is 17.9 Å². The van der Waals surface area contributed by atoms with Gasteiger partial charge in [-0.05, 0) is 77.9 Å². The molecule has 200 valence electrons. The van der Waals surface area contributed by atoms with E-state index in [1.807, 2.05) is 12.1 Å². The summed E-state index contributed by atoms with van der Waals surface area (Å²) in [4.78, 5) is 12.7. The highest BCUT2D eigenvalue weighted by Gasteiger charge is 2.27. The Balaban J connectivity index is 1.41. The van der Waals surface area contributed by atoms with Gasteiger partial charge in [0.15, 0.2) is 0 Å². The fourth-order valence-electron chi connectivity index (χ4n) is 3.42. The first-order chi connectivity index (χ1) is 18.7. The van der Waals surface area contributed by atoms with Crippen LogP contribution in [0.15, 0.2) is 107 Å². The molecule has 4 rings (SSSR count). The summed E-state index contributed by atoms with van der Waals surface area (Å²) in [5, 5.41) is 5.03. The van der Waals surface area contributed by atoms with Gasteiger partial charge in [0.2, 0.25) is 0 Å². The molecular weight excluding hydrogens is 581 g/mol. The summed E-state index contributed by atoms with van der Waals surface area (Å²) in [6, 6.07) is 26.6. The van der Waals surface area contributed by atoms with E-state index in [0.717, 1.165) is 9.87 Å². The molecule has 0 spiro atoms. The molecule has 0 fully saturated rings. The summed E-state index contributed by atoms with van der Waals surface area (Å²) in [6.07, 6.45) is 1.44. The smallest absolute Gasteiger partial charge is 0.264 e. The Bertz CT molecular complexity index is 1560. The van der Waals surface area contributed by atoms with Crippen molar-refractivity contribution in [3.05, 3.63) is 123 Å². The van der Waals surface area contributed by atoms with E-state index in [0.29, 0.717) is 22.9 Å². The van der Waals surface area contributed by atoms with E-state index in [4.69, 9.17) is 39.5 Å². The highest BCUT2D eigenvalue weighted by Crippen LogP contribution is 2.30. The number of benzene rings is 4. The van der Waals surface area contributed by atoms with Gasteiger partial charge >= 0.3 is 0 Å². The first kappa shape index (κ1) is 28.4. The van der Waals surface area contributed by atoms with Crippen LogP contribution in [0.5, 0.6) is 5.75 Å². The number of ether oxygens (including phenoxy) is 1. The molecule has 0 unspecified atom stereocenters. The molecule has 0 saturated heterocycles. The second-order valence-electron chi connectivity index (χ2n) is 8.20. The van der Waals surface area contributed by atoms with E-state index in [-0.39, 0.29) is 20.6 Å². The lowest BCUT2D eigenvalue weighted by Gasteiger charge is -2.24. The number of nitrogens with zero attached hydrogens (tertiary/aromatic N) is 2. The highest BCUT2D eigenvalue weighted by molar-refractivity contribution is 7.92. The molecule has 0 aliphatic carbocycles. The Labute approximate surface area is 241 Å². The van der Waals surface area contributed by atoms with Gasteiger partial charge < -0.3 is 4.74 Å². The van der Waals surface area contributed by atoms with Crippen LogP contribution in [0.2, 0.25) is 15.1 Å². The topological polar surface area (TPSA) is 88.1 Å². The quantitative estimate of drug-likeness (QED) is 0.164. The molecule has 0 saturated carbocycles. The van der Waals surface area contributed by atoms with Gasteiger partial charge in [0, 0.05) is 5.02 Å². The van der Waals surface area contributed by atoms with Gasteiger partial charge in [-0.3, -0.25) is 9.10 Å². The van der Waals surface area contributed by atoms with Crippen molar-refractivity contribution in [2.24, 2.45) is 5.10 Å². The minimum Gasteiger partial charge on any atom is -0.489 e. The molecular formula is C28H22Cl3N3O4S. The summed E-state index contributed by atoms with van der Waals surface area (Å²) in [6.45, 7) is -0.147. The molecule has 1 N–H and O–H groups in total. The van der Waals surface area contributed by atoms with Gasteiger partial charge in [0.05, 0.1) is 26.8 Å². The van der Waals surface area contributed by atoms with Crippen LogP contribution in [-0.2, 0) is 21.4 Å². The summed E-state index contributed by atoms with van der Waals surface area (Å²) >= 11 is 18.0. The molecule has 0 heterocycles. The average molecular weight is 603 g/mol. The third-order valence-corrected chi connectivity index (χ3v) is 8.19. The Hall–Kier alpha value is -3.56. The number of carbonyl (C=O) groups is 1. The van der Waals surface area contributed by atoms with Crippen LogP contribution in [0.3, 0.4) is 0 Å². The predicted octanol–water partition coefficient (Wildman–Crippen LogP) is 6.57. The van der Waals surface area contributed by atoms with E-state index >= 15 is 0 Å². The van der Waals surface area contributed by atoms with Crippen molar-refractivity contribution in [2.45, 2.75) is 11.5 Å². The number of nitrogens with one attached hydrogen (secondary N) is 1. The van der Waals surface area contributed by atoms with E-state index in [1.165, 1.54) is 36.5 Å². The Morgan fingerprint density at radius 2 is 1.56 bits per heavy atom. The third-order valence-electron chi connectivity index (χ3n) is 5.41. The molecule has 0 atom stereocenters. The molecule has 39 heavy (non-hydrogen) atoms.